The number of rotatable bonds is 7. The first-order valence-electron chi connectivity index (χ1n) is 7.61. The van der Waals surface area contributed by atoms with Gasteiger partial charge in [-0.3, -0.25) is 4.79 Å². The molecule has 2 aromatic carbocycles. The first-order valence-corrected chi connectivity index (χ1v) is 9.85. The summed E-state index contributed by atoms with van der Waals surface area (Å²) in [4.78, 5) is 13.9. The standard InChI is InChI=1S/C18H18Cl2N2O3S/c1-22(2)9-8-18(23)14-5-3-4-13(10-14)12-21-26(24,25)15-6-7-16(19)17(20)11-15/h3-11,21H,12H2,1-2H3. The van der Waals surface area contributed by atoms with Gasteiger partial charge in [-0.15, -0.1) is 0 Å². The molecule has 0 saturated heterocycles. The monoisotopic (exact) mass is 412 g/mol. The van der Waals surface area contributed by atoms with Crippen LogP contribution >= 0.6 is 23.2 Å². The SMILES string of the molecule is CN(C)C=CC(=O)c1cccc(CNS(=O)(=O)c2ccc(Cl)c(Cl)c2)c1. The third kappa shape index (κ3) is 5.57. The van der Waals surface area contributed by atoms with Crippen LogP contribution in [0.2, 0.25) is 10.0 Å². The van der Waals surface area contributed by atoms with Gasteiger partial charge in [-0.1, -0.05) is 41.4 Å². The van der Waals surface area contributed by atoms with E-state index in [0.29, 0.717) is 11.1 Å². The number of hydrogen-bond acceptors (Lipinski definition) is 4. The molecule has 0 amide bonds. The number of carbonyl (C=O) groups is 1. The molecule has 0 atom stereocenters. The van der Waals surface area contributed by atoms with Gasteiger partial charge >= 0.3 is 0 Å². The number of ketones is 1. The maximum atomic E-state index is 12.4. The summed E-state index contributed by atoms with van der Waals surface area (Å²) in [6.45, 7) is 0.0428. The van der Waals surface area contributed by atoms with Crippen molar-refractivity contribution < 1.29 is 13.2 Å². The average Bonchev–Trinajstić information content (AvgIpc) is 2.60. The second-order valence-electron chi connectivity index (χ2n) is 5.74. The van der Waals surface area contributed by atoms with Gasteiger partial charge in [0.1, 0.15) is 0 Å². The van der Waals surface area contributed by atoms with E-state index in [4.69, 9.17) is 23.2 Å². The zero-order valence-corrected chi connectivity index (χ0v) is 16.6. The highest BCUT2D eigenvalue weighted by atomic mass is 35.5. The Morgan fingerprint density at radius 2 is 1.85 bits per heavy atom. The Labute approximate surface area is 163 Å². The summed E-state index contributed by atoms with van der Waals surface area (Å²) >= 11 is 11.7. The van der Waals surface area contributed by atoms with Gasteiger partial charge in [-0.25, -0.2) is 13.1 Å². The Hall–Kier alpha value is -1.86. The van der Waals surface area contributed by atoms with Crippen LogP contribution in [0.4, 0.5) is 0 Å². The Morgan fingerprint density at radius 1 is 1.12 bits per heavy atom. The summed E-state index contributed by atoms with van der Waals surface area (Å²) in [5.74, 6) is -0.159. The van der Waals surface area contributed by atoms with Crippen molar-refractivity contribution in [2.24, 2.45) is 0 Å². The van der Waals surface area contributed by atoms with Crippen LogP contribution in [0.3, 0.4) is 0 Å². The lowest BCUT2D eigenvalue weighted by Gasteiger charge is -2.09. The van der Waals surface area contributed by atoms with E-state index in [1.54, 1.807) is 35.4 Å². The van der Waals surface area contributed by atoms with Crippen molar-refractivity contribution >= 4 is 39.0 Å². The molecule has 0 aliphatic rings. The Bertz CT molecular complexity index is 941. The van der Waals surface area contributed by atoms with Crippen molar-refractivity contribution in [3.63, 3.8) is 0 Å². The summed E-state index contributed by atoms with van der Waals surface area (Å²) in [6, 6.07) is 10.9. The number of nitrogens with one attached hydrogen (secondary N) is 1. The zero-order chi connectivity index (χ0) is 19.3. The maximum Gasteiger partial charge on any atom is 0.240 e. The van der Waals surface area contributed by atoms with Crippen molar-refractivity contribution in [1.29, 1.82) is 0 Å². The molecule has 0 bridgehead atoms. The molecule has 0 fully saturated rings. The second-order valence-corrected chi connectivity index (χ2v) is 8.33. The molecule has 0 aliphatic heterocycles. The van der Waals surface area contributed by atoms with Crippen molar-refractivity contribution in [2.75, 3.05) is 14.1 Å². The zero-order valence-electron chi connectivity index (χ0n) is 14.2. The van der Waals surface area contributed by atoms with Gasteiger partial charge in [0.05, 0.1) is 14.9 Å². The number of benzene rings is 2. The fourth-order valence-electron chi connectivity index (χ4n) is 2.05. The van der Waals surface area contributed by atoms with Crippen molar-refractivity contribution in [1.82, 2.24) is 9.62 Å². The van der Waals surface area contributed by atoms with E-state index in [0.717, 1.165) is 0 Å². The smallest absolute Gasteiger partial charge is 0.240 e. The van der Waals surface area contributed by atoms with E-state index >= 15 is 0 Å². The average molecular weight is 413 g/mol. The molecule has 0 radical (unpaired) electrons. The van der Waals surface area contributed by atoms with E-state index < -0.39 is 10.0 Å². The molecule has 0 unspecified atom stereocenters. The van der Waals surface area contributed by atoms with Gasteiger partial charge < -0.3 is 4.90 Å². The highest BCUT2D eigenvalue weighted by Crippen LogP contribution is 2.24. The van der Waals surface area contributed by atoms with Gasteiger partial charge in [0, 0.05) is 38.5 Å². The molecule has 0 heterocycles. The number of sulfonamides is 1. The molecule has 2 aromatic rings. The number of nitrogens with zero attached hydrogens (tertiary/aromatic N) is 1. The molecule has 8 heteroatoms. The lowest BCUT2D eigenvalue weighted by Crippen LogP contribution is -2.23. The summed E-state index contributed by atoms with van der Waals surface area (Å²) < 4.78 is 27.2. The van der Waals surface area contributed by atoms with Gasteiger partial charge in [0.2, 0.25) is 10.0 Å². The first kappa shape index (κ1) is 20.5. The molecule has 5 nitrogen and oxygen atoms in total. The number of hydrogen-bond donors (Lipinski definition) is 1. The van der Waals surface area contributed by atoms with Crippen LogP contribution in [0, 0.1) is 0 Å². The Balaban J connectivity index is 2.12. The fourth-order valence-corrected chi connectivity index (χ4v) is 3.46. The first-order chi connectivity index (χ1) is 12.2. The van der Waals surface area contributed by atoms with Gasteiger partial charge in [-0.05, 0) is 29.8 Å². The van der Waals surface area contributed by atoms with Crippen LogP contribution in [0.15, 0.2) is 59.6 Å². The highest BCUT2D eigenvalue weighted by Gasteiger charge is 2.15. The molecule has 2 rings (SSSR count). The predicted octanol–water partition coefficient (Wildman–Crippen LogP) is 3.73. The van der Waals surface area contributed by atoms with Crippen LogP contribution in [-0.4, -0.2) is 33.2 Å². The normalized spacial score (nSPS) is 11.7. The minimum Gasteiger partial charge on any atom is -0.383 e. The Morgan fingerprint density at radius 3 is 2.50 bits per heavy atom. The minimum absolute atomic E-state index is 0.0213. The third-order valence-electron chi connectivity index (χ3n) is 3.40. The number of carbonyl (C=O) groups excluding carboxylic acids is 1. The summed E-state index contributed by atoms with van der Waals surface area (Å²) in [5, 5.41) is 0.442. The van der Waals surface area contributed by atoms with Crippen molar-refractivity contribution in [3.05, 3.63) is 75.9 Å². The molecule has 0 saturated carbocycles. The third-order valence-corrected chi connectivity index (χ3v) is 5.54. The number of allylic oxidation sites excluding steroid dienone is 1. The van der Waals surface area contributed by atoms with Crippen molar-refractivity contribution in [2.45, 2.75) is 11.4 Å². The van der Waals surface area contributed by atoms with Gasteiger partial charge in [-0.2, -0.15) is 0 Å². The van der Waals surface area contributed by atoms with E-state index in [2.05, 4.69) is 4.72 Å². The van der Waals surface area contributed by atoms with E-state index in [9.17, 15) is 13.2 Å². The van der Waals surface area contributed by atoms with Gasteiger partial charge in [0.15, 0.2) is 5.78 Å². The lowest BCUT2D eigenvalue weighted by molar-refractivity contribution is 0.104. The fraction of sp³-hybridized carbons (Fsp3) is 0.167. The van der Waals surface area contributed by atoms with Crippen LogP contribution < -0.4 is 4.72 Å². The molecular formula is C18H18Cl2N2O3S. The number of halogens is 2. The molecule has 0 aliphatic carbocycles. The van der Waals surface area contributed by atoms with Crippen LogP contribution in [0.1, 0.15) is 15.9 Å². The second kappa shape index (κ2) is 8.68. The van der Waals surface area contributed by atoms with Crippen LogP contribution in [-0.2, 0) is 16.6 Å². The molecule has 26 heavy (non-hydrogen) atoms. The maximum absolute atomic E-state index is 12.4. The van der Waals surface area contributed by atoms with E-state index in [1.807, 2.05) is 14.1 Å². The van der Waals surface area contributed by atoms with Crippen LogP contribution in [0.25, 0.3) is 0 Å². The van der Waals surface area contributed by atoms with Crippen LogP contribution in [0.5, 0.6) is 0 Å². The molecule has 1 N–H and O–H groups in total. The van der Waals surface area contributed by atoms with Gasteiger partial charge in [0.25, 0.3) is 0 Å². The van der Waals surface area contributed by atoms with E-state index in [-0.39, 0.29) is 27.3 Å². The minimum atomic E-state index is -3.75. The molecular weight excluding hydrogens is 395 g/mol. The molecule has 0 aromatic heterocycles. The molecule has 138 valence electrons. The topological polar surface area (TPSA) is 66.5 Å². The van der Waals surface area contributed by atoms with E-state index in [1.165, 1.54) is 24.3 Å². The quantitative estimate of drug-likeness (QED) is 0.555. The lowest BCUT2D eigenvalue weighted by atomic mass is 10.1. The predicted molar refractivity (Wildman–Crippen MR) is 104 cm³/mol. The molecule has 0 spiro atoms. The highest BCUT2D eigenvalue weighted by molar-refractivity contribution is 7.89. The van der Waals surface area contributed by atoms with Crippen molar-refractivity contribution in [3.8, 4) is 0 Å². The summed E-state index contributed by atoms with van der Waals surface area (Å²) in [5.41, 5.74) is 1.15. The summed E-state index contributed by atoms with van der Waals surface area (Å²) in [7, 11) is -0.116. The Kier molecular flexibility index (Phi) is 6.83. The largest absolute Gasteiger partial charge is 0.383 e. The summed E-state index contributed by atoms with van der Waals surface area (Å²) in [6.07, 6.45) is 3.11.